The van der Waals surface area contributed by atoms with Gasteiger partial charge in [0.05, 0.1) is 0 Å². The summed E-state index contributed by atoms with van der Waals surface area (Å²) in [4.78, 5) is 22.7. The second kappa shape index (κ2) is 5.47. The number of para-hydroxylation sites is 1. The van der Waals surface area contributed by atoms with E-state index in [0.717, 1.165) is 0 Å². The van der Waals surface area contributed by atoms with Crippen LogP contribution < -0.4 is 15.4 Å². The van der Waals surface area contributed by atoms with Crippen molar-refractivity contribution >= 4 is 21.9 Å². The first-order valence-electron chi connectivity index (χ1n) is 5.62. The van der Waals surface area contributed by atoms with Crippen molar-refractivity contribution in [2.45, 2.75) is 11.4 Å². The lowest BCUT2D eigenvalue weighted by Gasteiger charge is -2.34. The fraction of sp³-hybridized carbons (Fsp3) is 0.273. The second-order valence-corrected chi connectivity index (χ2v) is 5.63. The third-order valence-electron chi connectivity index (χ3n) is 2.62. The van der Waals surface area contributed by atoms with Crippen molar-refractivity contribution in [3.05, 3.63) is 30.3 Å². The fourth-order valence-corrected chi connectivity index (χ4v) is 2.42. The van der Waals surface area contributed by atoms with E-state index in [1.54, 1.807) is 30.3 Å². The Morgan fingerprint density at radius 1 is 1.35 bits per heavy atom. The maximum Gasteiger partial charge on any atom is 0.288 e. The van der Waals surface area contributed by atoms with Crippen LogP contribution in [0.4, 0.5) is 0 Å². The monoisotopic (exact) mass is 300 g/mol. The largest absolute Gasteiger partial charge is 0.484 e. The molecule has 0 aliphatic carbocycles. The molecule has 9 heteroatoms. The minimum Gasteiger partial charge on any atom is -0.484 e. The van der Waals surface area contributed by atoms with E-state index in [4.69, 9.17) is 9.29 Å². The molecule has 0 radical (unpaired) electrons. The third-order valence-corrected chi connectivity index (χ3v) is 3.65. The van der Waals surface area contributed by atoms with E-state index in [-0.39, 0.29) is 6.61 Å². The van der Waals surface area contributed by atoms with Gasteiger partial charge < -0.3 is 15.4 Å². The molecule has 2 rings (SSSR count). The van der Waals surface area contributed by atoms with Gasteiger partial charge >= 0.3 is 0 Å². The molecule has 3 N–H and O–H groups in total. The van der Waals surface area contributed by atoms with Crippen molar-refractivity contribution in [2.75, 3.05) is 6.61 Å². The normalized spacial score (nSPS) is 21.6. The number of ether oxygens (including phenoxy) is 1. The SMILES string of the molecule is O=C(COc1ccccc1)NC1C(=O)NC1S(=O)(=O)O. The first-order valence-corrected chi connectivity index (χ1v) is 7.12. The van der Waals surface area contributed by atoms with Gasteiger partial charge in [0.15, 0.2) is 12.0 Å². The van der Waals surface area contributed by atoms with Crippen LogP contribution in [0, 0.1) is 0 Å². The molecule has 0 spiro atoms. The first kappa shape index (κ1) is 14.3. The van der Waals surface area contributed by atoms with Gasteiger partial charge in [0, 0.05) is 0 Å². The Bertz CT molecular complexity index is 615. The summed E-state index contributed by atoms with van der Waals surface area (Å²) in [5.41, 5.74) is 0. The van der Waals surface area contributed by atoms with Gasteiger partial charge in [-0.05, 0) is 12.1 Å². The molecule has 2 atom stereocenters. The van der Waals surface area contributed by atoms with Crippen LogP contribution in [0.5, 0.6) is 5.75 Å². The van der Waals surface area contributed by atoms with Gasteiger partial charge in [-0.1, -0.05) is 18.2 Å². The molecular formula is C11H12N2O6S. The van der Waals surface area contributed by atoms with Gasteiger partial charge in [-0.25, -0.2) is 0 Å². The van der Waals surface area contributed by atoms with Crippen molar-refractivity contribution < 1.29 is 27.3 Å². The second-order valence-electron chi connectivity index (χ2n) is 4.09. The predicted octanol–water partition coefficient (Wildman–Crippen LogP) is -1.11. The Kier molecular flexibility index (Phi) is 3.91. The van der Waals surface area contributed by atoms with Gasteiger partial charge in [-0.2, -0.15) is 8.42 Å². The van der Waals surface area contributed by atoms with E-state index < -0.39 is 33.3 Å². The maximum absolute atomic E-state index is 11.5. The first-order chi connectivity index (χ1) is 9.38. The van der Waals surface area contributed by atoms with Crippen LogP contribution in [0.1, 0.15) is 0 Å². The van der Waals surface area contributed by atoms with Crippen molar-refractivity contribution in [2.24, 2.45) is 0 Å². The lowest BCUT2D eigenvalue weighted by molar-refractivity contribution is -0.135. The van der Waals surface area contributed by atoms with Crippen LogP contribution >= 0.6 is 0 Å². The lowest BCUT2D eigenvalue weighted by Crippen LogP contribution is -2.71. The topological polar surface area (TPSA) is 122 Å². The summed E-state index contributed by atoms with van der Waals surface area (Å²) in [6.45, 7) is -0.369. The van der Waals surface area contributed by atoms with Crippen LogP contribution in [-0.4, -0.2) is 42.8 Å². The highest BCUT2D eigenvalue weighted by atomic mass is 32.2. The van der Waals surface area contributed by atoms with Gasteiger partial charge in [0.25, 0.3) is 16.0 Å². The zero-order valence-electron chi connectivity index (χ0n) is 10.1. The molecular weight excluding hydrogens is 288 g/mol. The highest BCUT2D eigenvalue weighted by molar-refractivity contribution is 7.86. The molecule has 1 fully saturated rings. The summed E-state index contributed by atoms with van der Waals surface area (Å²) in [5.74, 6) is -0.880. The van der Waals surface area contributed by atoms with Gasteiger partial charge in [-0.15, -0.1) is 0 Å². The summed E-state index contributed by atoms with van der Waals surface area (Å²) in [5, 5.41) is 2.64. The Morgan fingerprint density at radius 3 is 2.55 bits per heavy atom. The molecule has 2 unspecified atom stereocenters. The van der Waals surface area contributed by atoms with Crippen molar-refractivity contribution in [3.8, 4) is 5.75 Å². The number of carbonyl (C=O) groups is 2. The van der Waals surface area contributed by atoms with Crippen molar-refractivity contribution in [1.82, 2.24) is 10.6 Å². The molecule has 2 amide bonds. The van der Waals surface area contributed by atoms with Crippen LogP contribution in [0.25, 0.3) is 0 Å². The summed E-state index contributed by atoms with van der Waals surface area (Å²) < 4.78 is 35.7. The number of β-lactam (4-membered cyclic amide) rings is 1. The quantitative estimate of drug-likeness (QED) is 0.468. The molecule has 1 aliphatic rings. The molecule has 1 aromatic rings. The fourth-order valence-electron chi connectivity index (χ4n) is 1.62. The van der Waals surface area contributed by atoms with E-state index in [1.165, 1.54) is 0 Å². The maximum atomic E-state index is 11.5. The van der Waals surface area contributed by atoms with E-state index in [2.05, 4.69) is 5.32 Å². The van der Waals surface area contributed by atoms with E-state index >= 15 is 0 Å². The van der Waals surface area contributed by atoms with E-state index in [9.17, 15) is 18.0 Å². The van der Waals surface area contributed by atoms with E-state index in [0.29, 0.717) is 5.75 Å². The Balaban J connectivity index is 1.87. The Morgan fingerprint density at radius 2 is 2.00 bits per heavy atom. The molecule has 0 bridgehead atoms. The van der Waals surface area contributed by atoms with Crippen molar-refractivity contribution in [3.63, 3.8) is 0 Å². The molecule has 20 heavy (non-hydrogen) atoms. The molecule has 1 aliphatic heterocycles. The zero-order valence-corrected chi connectivity index (χ0v) is 11.0. The Labute approximate surface area is 114 Å². The molecule has 0 saturated carbocycles. The van der Waals surface area contributed by atoms with Gasteiger partial charge in [0.2, 0.25) is 5.91 Å². The number of hydrogen-bond donors (Lipinski definition) is 3. The molecule has 1 aromatic carbocycles. The molecule has 108 valence electrons. The summed E-state index contributed by atoms with van der Waals surface area (Å²) in [6.07, 6.45) is 0. The number of benzene rings is 1. The number of amides is 2. The smallest absolute Gasteiger partial charge is 0.288 e. The van der Waals surface area contributed by atoms with E-state index in [1.807, 2.05) is 5.32 Å². The Hall–Kier alpha value is -2.13. The highest BCUT2D eigenvalue weighted by Gasteiger charge is 2.48. The number of carbonyl (C=O) groups excluding carboxylic acids is 2. The lowest BCUT2D eigenvalue weighted by atomic mass is 10.1. The number of rotatable bonds is 5. The summed E-state index contributed by atoms with van der Waals surface area (Å²) in [6, 6.07) is 7.20. The highest BCUT2D eigenvalue weighted by Crippen LogP contribution is 2.12. The van der Waals surface area contributed by atoms with Gasteiger partial charge in [0.1, 0.15) is 11.8 Å². The minimum absolute atomic E-state index is 0.369. The van der Waals surface area contributed by atoms with Crippen LogP contribution in [0.3, 0.4) is 0 Å². The summed E-state index contributed by atoms with van der Waals surface area (Å²) in [7, 11) is -4.45. The summed E-state index contributed by atoms with van der Waals surface area (Å²) >= 11 is 0. The minimum atomic E-state index is -4.45. The molecule has 0 aromatic heterocycles. The number of nitrogens with one attached hydrogen (secondary N) is 2. The average Bonchev–Trinajstić information content (AvgIpc) is 2.40. The molecule has 8 nitrogen and oxygen atoms in total. The number of hydrogen-bond acceptors (Lipinski definition) is 5. The van der Waals surface area contributed by atoms with Gasteiger partial charge in [-0.3, -0.25) is 14.1 Å². The predicted molar refractivity (Wildman–Crippen MR) is 67.3 cm³/mol. The zero-order chi connectivity index (χ0) is 14.8. The standard InChI is InChI=1S/C11H12N2O6S/c14-8(6-19-7-4-2-1-3-5-7)12-9-10(15)13-11(9)20(16,17)18/h1-5,9,11H,6H2,(H,12,14)(H,13,15)(H,16,17,18). The van der Waals surface area contributed by atoms with Crippen LogP contribution in [0.2, 0.25) is 0 Å². The average molecular weight is 300 g/mol. The van der Waals surface area contributed by atoms with Crippen LogP contribution in [-0.2, 0) is 19.7 Å². The van der Waals surface area contributed by atoms with Crippen molar-refractivity contribution in [1.29, 1.82) is 0 Å². The van der Waals surface area contributed by atoms with Crippen LogP contribution in [0.15, 0.2) is 30.3 Å². The third kappa shape index (κ3) is 3.25. The molecule has 1 heterocycles. The molecule has 1 saturated heterocycles.